The van der Waals surface area contributed by atoms with E-state index < -0.39 is 28.1 Å². The zero-order valence-corrected chi connectivity index (χ0v) is 11.9. The summed E-state index contributed by atoms with van der Waals surface area (Å²) in [6.07, 6.45) is 0. The molecule has 8 heteroatoms. The Kier molecular flexibility index (Phi) is 5.34. The van der Waals surface area contributed by atoms with Crippen LogP contribution in [-0.2, 0) is 4.79 Å². The van der Waals surface area contributed by atoms with Crippen molar-refractivity contribution >= 4 is 17.5 Å². The van der Waals surface area contributed by atoms with Crippen molar-refractivity contribution in [1.82, 2.24) is 10.2 Å². The molecule has 0 heterocycles. The van der Waals surface area contributed by atoms with Gasteiger partial charge in [0.05, 0.1) is 16.4 Å². The van der Waals surface area contributed by atoms with Gasteiger partial charge in [0.1, 0.15) is 5.82 Å². The third kappa shape index (κ3) is 3.98. The fraction of sp³-hybridized carbons (Fsp3) is 0.385. The molecule has 1 atom stereocenters. The number of hydrogen-bond donors (Lipinski definition) is 1. The molecule has 0 fully saturated rings. The van der Waals surface area contributed by atoms with Gasteiger partial charge in [-0.25, -0.2) is 4.39 Å². The maximum Gasteiger partial charge on any atom is 0.270 e. The first-order valence-electron chi connectivity index (χ1n) is 6.19. The molecular formula is C13H16FN3O4. The van der Waals surface area contributed by atoms with Crippen LogP contribution in [0.15, 0.2) is 18.2 Å². The van der Waals surface area contributed by atoms with E-state index in [0.717, 1.165) is 23.1 Å². The van der Waals surface area contributed by atoms with E-state index in [9.17, 15) is 24.1 Å². The minimum atomic E-state index is -0.843. The van der Waals surface area contributed by atoms with E-state index in [2.05, 4.69) is 5.32 Å². The molecule has 0 aliphatic rings. The fourth-order valence-corrected chi connectivity index (χ4v) is 1.82. The average Bonchev–Trinajstić information content (AvgIpc) is 2.45. The van der Waals surface area contributed by atoms with Crippen LogP contribution in [0, 0.1) is 21.8 Å². The number of nitrogens with one attached hydrogen (secondary N) is 1. The lowest BCUT2D eigenvalue weighted by molar-refractivity contribution is -0.384. The van der Waals surface area contributed by atoms with Gasteiger partial charge in [-0.15, -0.1) is 0 Å². The van der Waals surface area contributed by atoms with Crippen LogP contribution in [0.2, 0.25) is 0 Å². The molecule has 0 aliphatic carbocycles. The standard InChI is InChI=1S/C13H16FN3O4/c1-8(12(18)15-2)7-16(3)13(19)10-6-9(17(20)21)4-5-11(10)14/h4-6,8H,7H2,1-3H3,(H,15,18). The van der Waals surface area contributed by atoms with Crippen LogP contribution in [0.25, 0.3) is 0 Å². The number of benzene rings is 1. The predicted octanol–water partition coefficient (Wildman–Crippen LogP) is 1.19. The monoisotopic (exact) mass is 297 g/mol. The Balaban J connectivity index is 2.95. The molecule has 1 aromatic carbocycles. The van der Waals surface area contributed by atoms with Crippen molar-refractivity contribution in [3.05, 3.63) is 39.7 Å². The van der Waals surface area contributed by atoms with Gasteiger partial charge in [-0.2, -0.15) is 0 Å². The van der Waals surface area contributed by atoms with Crippen molar-refractivity contribution in [2.75, 3.05) is 20.6 Å². The topological polar surface area (TPSA) is 92.6 Å². The molecule has 0 aromatic heterocycles. The second-order valence-electron chi connectivity index (χ2n) is 4.62. The number of nitro groups is 1. The van der Waals surface area contributed by atoms with E-state index in [4.69, 9.17) is 0 Å². The minimum Gasteiger partial charge on any atom is -0.359 e. The Morgan fingerprint density at radius 3 is 2.62 bits per heavy atom. The van der Waals surface area contributed by atoms with Crippen LogP contribution >= 0.6 is 0 Å². The van der Waals surface area contributed by atoms with Gasteiger partial charge in [-0.1, -0.05) is 6.92 Å². The summed E-state index contributed by atoms with van der Waals surface area (Å²) in [5, 5.41) is 13.1. The van der Waals surface area contributed by atoms with E-state index in [1.54, 1.807) is 6.92 Å². The summed E-state index contributed by atoms with van der Waals surface area (Å²) in [6.45, 7) is 1.69. The molecule has 7 nitrogen and oxygen atoms in total. The lowest BCUT2D eigenvalue weighted by Crippen LogP contribution is -2.37. The van der Waals surface area contributed by atoms with E-state index in [1.807, 2.05) is 0 Å². The van der Waals surface area contributed by atoms with E-state index in [-0.39, 0.29) is 18.1 Å². The first-order chi connectivity index (χ1) is 9.77. The Morgan fingerprint density at radius 1 is 1.48 bits per heavy atom. The van der Waals surface area contributed by atoms with Gasteiger partial charge in [-0.05, 0) is 6.07 Å². The van der Waals surface area contributed by atoms with Gasteiger partial charge in [0.2, 0.25) is 5.91 Å². The number of non-ortho nitro benzene ring substituents is 1. The van der Waals surface area contributed by atoms with Crippen LogP contribution in [0.3, 0.4) is 0 Å². The van der Waals surface area contributed by atoms with Gasteiger partial charge in [0.25, 0.3) is 11.6 Å². The zero-order chi connectivity index (χ0) is 16.2. The number of rotatable bonds is 5. The molecule has 0 spiro atoms. The minimum absolute atomic E-state index is 0.0701. The second kappa shape index (κ2) is 6.78. The molecular weight excluding hydrogens is 281 g/mol. The highest BCUT2D eigenvalue weighted by Crippen LogP contribution is 2.18. The molecule has 0 saturated carbocycles. The molecule has 0 radical (unpaired) electrons. The highest BCUT2D eigenvalue weighted by molar-refractivity contribution is 5.95. The van der Waals surface area contributed by atoms with Crippen molar-refractivity contribution in [2.24, 2.45) is 5.92 Å². The second-order valence-corrected chi connectivity index (χ2v) is 4.62. The Bertz CT molecular complexity index is 577. The number of nitrogens with zero attached hydrogens (tertiary/aromatic N) is 2. The molecule has 21 heavy (non-hydrogen) atoms. The third-order valence-electron chi connectivity index (χ3n) is 2.98. The summed E-state index contributed by atoms with van der Waals surface area (Å²) in [7, 11) is 2.88. The molecule has 0 aliphatic heterocycles. The highest BCUT2D eigenvalue weighted by Gasteiger charge is 2.22. The number of nitro benzene ring substituents is 1. The largest absolute Gasteiger partial charge is 0.359 e. The number of hydrogen-bond acceptors (Lipinski definition) is 4. The molecule has 114 valence electrons. The lowest BCUT2D eigenvalue weighted by atomic mass is 10.1. The van der Waals surface area contributed by atoms with E-state index in [0.29, 0.717) is 0 Å². The number of halogens is 1. The van der Waals surface area contributed by atoms with Crippen LogP contribution < -0.4 is 5.32 Å². The smallest absolute Gasteiger partial charge is 0.270 e. The summed E-state index contributed by atoms with van der Waals surface area (Å²) < 4.78 is 13.7. The maximum absolute atomic E-state index is 13.7. The van der Waals surface area contributed by atoms with Crippen molar-refractivity contribution in [2.45, 2.75) is 6.92 Å². The lowest BCUT2D eigenvalue weighted by Gasteiger charge is -2.21. The predicted molar refractivity (Wildman–Crippen MR) is 73.2 cm³/mol. The van der Waals surface area contributed by atoms with E-state index >= 15 is 0 Å². The summed E-state index contributed by atoms with van der Waals surface area (Å²) in [5.74, 6) is -2.29. The number of carbonyl (C=O) groups excluding carboxylic acids is 2. The van der Waals surface area contributed by atoms with Crippen molar-refractivity contribution in [3.8, 4) is 0 Å². The molecule has 1 aromatic rings. The first-order valence-corrected chi connectivity index (χ1v) is 6.19. The summed E-state index contributed by atoms with van der Waals surface area (Å²) >= 11 is 0. The van der Waals surface area contributed by atoms with Crippen molar-refractivity contribution in [3.63, 3.8) is 0 Å². The van der Waals surface area contributed by atoms with Gasteiger partial charge in [-0.3, -0.25) is 19.7 Å². The summed E-state index contributed by atoms with van der Waals surface area (Å²) in [6, 6.07) is 2.75. The molecule has 1 N–H and O–H groups in total. The molecule has 0 saturated heterocycles. The molecule has 1 unspecified atom stereocenters. The van der Waals surface area contributed by atoms with Crippen LogP contribution in [0.1, 0.15) is 17.3 Å². The maximum atomic E-state index is 13.7. The van der Waals surface area contributed by atoms with Gasteiger partial charge >= 0.3 is 0 Å². The Labute approximate surface area is 120 Å². The third-order valence-corrected chi connectivity index (χ3v) is 2.98. The average molecular weight is 297 g/mol. The van der Waals surface area contributed by atoms with Crippen LogP contribution in [-0.4, -0.2) is 42.3 Å². The van der Waals surface area contributed by atoms with E-state index in [1.165, 1.54) is 14.1 Å². The number of amides is 2. The van der Waals surface area contributed by atoms with Crippen molar-refractivity contribution in [1.29, 1.82) is 0 Å². The fourth-order valence-electron chi connectivity index (χ4n) is 1.82. The Morgan fingerprint density at radius 2 is 2.10 bits per heavy atom. The van der Waals surface area contributed by atoms with Crippen LogP contribution in [0.4, 0.5) is 10.1 Å². The molecule has 2 amide bonds. The zero-order valence-electron chi connectivity index (χ0n) is 11.9. The Hall–Kier alpha value is -2.51. The quantitative estimate of drug-likeness (QED) is 0.652. The molecule has 0 bridgehead atoms. The van der Waals surface area contributed by atoms with Crippen molar-refractivity contribution < 1.29 is 18.9 Å². The molecule has 1 rings (SSSR count). The number of carbonyl (C=O) groups is 2. The van der Waals surface area contributed by atoms with Gasteiger partial charge < -0.3 is 10.2 Å². The van der Waals surface area contributed by atoms with Gasteiger partial charge in [0, 0.05) is 32.8 Å². The normalized spacial score (nSPS) is 11.6. The SMILES string of the molecule is CNC(=O)C(C)CN(C)C(=O)c1cc([N+](=O)[O-])ccc1F. The first kappa shape index (κ1) is 16.5. The van der Waals surface area contributed by atoms with Crippen LogP contribution in [0.5, 0.6) is 0 Å². The van der Waals surface area contributed by atoms with Gasteiger partial charge in [0.15, 0.2) is 0 Å². The summed E-state index contributed by atoms with van der Waals surface area (Å²) in [4.78, 5) is 34.6. The summed E-state index contributed by atoms with van der Waals surface area (Å²) in [5.41, 5.74) is -0.761. The highest BCUT2D eigenvalue weighted by atomic mass is 19.1.